The van der Waals surface area contributed by atoms with Crippen LogP contribution in [0.2, 0.25) is 0 Å². The first-order chi connectivity index (χ1) is 17.3. The first-order valence-electron chi connectivity index (χ1n) is 11.9. The van der Waals surface area contributed by atoms with Gasteiger partial charge in [0.05, 0.1) is 17.0 Å². The number of anilines is 1. The number of alkyl halides is 1. The van der Waals surface area contributed by atoms with E-state index in [1.807, 2.05) is 30.3 Å². The number of aliphatic hydroxyl groups is 1. The van der Waals surface area contributed by atoms with Crippen molar-refractivity contribution in [2.75, 3.05) is 12.0 Å². The van der Waals surface area contributed by atoms with Crippen molar-refractivity contribution in [1.29, 1.82) is 0 Å². The van der Waals surface area contributed by atoms with E-state index >= 15 is 0 Å². The molecule has 0 saturated heterocycles. The molecule has 7 heteroatoms. The van der Waals surface area contributed by atoms with Crippen LogP contribution in [0.5, 0.6) is 0 Å². The molecule has 4 rings (SSSR count). The summed E-state index contributed by atoms with van der Waals surface area (Å²) in [6.07, 6.45) is 3.94. The second kappa shape index (κ2) is 10.5. The summed E-state index contributed by atoms with van der Waals surface area (Å²) in [6.45, 7) is 0.844. The molecule has 1 amide bonds. The zero-order chi connectivity index (χ0) is 25.8. The molecule has 6 nitrogen and oxygen atoms in total. The van der Waals surface area contributed by atoms with Gasteiger partial charge in [0.1, 0.15) is 19.2 Å². The average Bonchev–Trinajstić information content (AvgIpc) is 2.91. The highest BCUT2D eigenvalue weighted by Crippen LogP contribution is 2.49. The van der Waals surface area contributed by atoms with E-state index in [9.17, 15) is 23.9 Å². The molecule has 0 bridgehead atoms. The van der Waals surface area contributed by atoms with Crippen molar-refractivity contribution in [3.8, 4) is 0 Å². The lowest BCUT2D eigenvalue weighted by Crippen LogP contribution is -2.51. The number of carbonyl (C=O) groups is 3. The van der Waals surface area contributed by atoms with Crippen LogP contribution in [0.15, 0.2) is 66.9 Å². The van der Waals surface area contributed by atoms with Crippen molar-refractivity contribution in [2.24, 2.45) is 5.92 Å². The van der Waals surface area contributed by atoms with E-state index in [1.165, 1.54) is 6.07 Å². The molecule has 0 aliphatic heterocycles. The average molecular weight is 489 g/mol. The number of nitrogens with zero attached hydrogens (tertiary/aromatic N) is 1. The Morgan fingerprint density at radius 3 is 2.58 bits per heavy atom. The van der Waals surface area contributed by atoms with Gasteiger partial charge in [0.2, 0.25) is 0 Å². The second-order valence-corrected chi connectivity index (χ2v) is 9.63. The Morgan fingerprint density at radius 1 is 1.14 bits per heavy atom. The number of pyridine rings is 1. The molecule has 2 aromatic carbocycles. The minimum absolute atomic E-state index is 0.0410. The lowest BCUT2D eigenvalue weighted by Gasteiger charge is -2.48. The van der Waals surface area contributed by atoms with Gasteiger partial charge in [0.15, 0.2) is 0 Å². The number of nitrogens with one attached hydrogen (secondary N) is 1. The summed E-state index contributed by atoms with van der Waals surface area (Å²) >= 11 is 0. The topological polar surface area (TPSA) is 96.4 Å². The molecular weight excluding hydrogens is 459 g/mol. The molecule has 1 aromatic heterocycles. The fourth-order valence-corrected chi connectivity index (χ4v) is 5.32. The lowest BCUT2D eigenvalue weighted by atomic mass is 9.56. The molecule has 0 unspecified atom stereocenters. The fourth-order valence-electron chi connectivity index (χ4n) is 5.32. The summed E-state index contributed by atoms with van der Waals surface area (Å²) in [4.78, 5) is 41.8. The zero-order valence-corrected chi connectivity index (χ0v) is 20.1. The number of halogens is 1. The quantitative estimate of drug-likeness (QED) is 0.451. The van der Waals surface area contributed by atoms with Gasteiger partial charge in [0.25, 0.3) is 5.91 Å². The summed E-state index contributed by atoms with van der Waals surface area (Å²) in [7, 11) is 0. The molecule has 186 valence electrons. The first-order valence-corrected chi connectivity index (χ1v) is 11.9. The van der Waals surface area contributed by atoms with Crippen molar-refractivity contribution in [3.05, 3.63) is 94.8 Å². The van der Waals surface area contributed by atoms with Crippen molar-refractivity contribution >= 4 is 24.2 Å². The van der Waals surface area contributed by atoms with Crippen LogP contribution in [0, 0.1) is 12.8 Å². The van der Waals surface area contributed by atoms with Gasteiger partial charge in [-0.25, -0.2) is 4.39 Å². The molecule has 3 aromatic rings. The van der Waals surface area contributed by atoms with Crippen LogP contribution in [-0.2, 0) is 16.6 Å². The van der Waals surface area contributed by atoms with E-state index in [2.05, 4.69) is 10.3 Å². The van der Waals surface area contributed by atoms with Crippen LogP contribution in [0.25, 0.3) is 0 Å². The van der Waals surface area contributed by atoms with E-state index in [1.54, 1.807) is 37.4 Å². The number of hydrogen-bond donors (Lipinski definition) is 2. The molecule has 1 aliphatic carbocycles. The predicted octanol–water partition coefficient (Wildman–Crippen LogP) is 4.63. The number of aromatic nitrogens is 1. The van der Waals surface area contributed by atoms with Gasteiger partial charge in [-0.1, -0.05) is 36.4 Å². The Bertz CT molecular complexity index is 1270. The highest BCUT2D eigenvalue weighted by atomic mass is 19.1. The van der Waals surface area contributed by atoms with Crippen LogP contribution in [0.4, 0.5) is 10.1 Å². The van der Waals surface area contributed by atoms with E-state index in [0.717, 1.165) is 11.8 Å². The van der Waals surface area contributed by atoms with Crippen LogP contribution in [0.3, 0.4) is 0 Å². The van der Waals surface area contributed by atoms with Gasteiger partial charge in [-0.2, -0.15) is 0 Å². The third-order valence-corrected chi connectivity index (χ3v) is 7.35. The van der Waals surface area contributed by atoms with E-state index < -0.39 is 23.6 Å². The molecule has 1 aliphatic rings. The minimum Gasteiger partial charge on any atom is -0.387 e. The smallest absolute Gasteiger partial charge is 0.255 e. The fraction of sp³-hybridized carbons (Fsp3) is 0.310. The summed E-state index contributed by atoms with van der Waals surface area (Å²) in [6, 6.07) is 17.9. The Hall–Kier alpha value is -3.71. The maximum absolute atomic E-state index is 13.7. The first kappa shape index (κ1) is 25.4. The number of aldehydes is 2. The van der Waals surface area contributed by atoms with Gasteiger partial charge in [0, 0.05) is 28.7 Å². The van der Waals surface area contributed by atoms with Gasteiger partial charge in [-0.05, 0) is 68.0 Å². The number of aryl methyl sites for hydroxylation is 1. The van der Waals surface area contributed by atoms with Crippen molar-refractivity contribution < 1.29 is 23.9 Å². The van der Waals surface area contributed by atoms with Crippen molar-refractivity contribution in [2.45, 2.75) is 43.6 Å². The summed E-state index contributed by atoms with van der Waals surface area (Å²) < 4.78 is 13.7. The lowest BCUT2D eigenvalue weighted by molar-refractivity contribution is -0.121. The van der Waals surface area contributed by atoms with E-state index in [4.69, 9.17) is 0 Å². The maximum atomic E-state index is 13.7. The van der Waals surface area contributed by atoms with Gasteiger partial charge in [-0.3, -0.25) is 14.6 Å². The largest absolute Gasteiger partial charge is 0.387 e. The Balaban J connectivity index is 1.76. The molecule has 1 fully saturated rings. The van der Waals surface area contributed by atoms with Crippen molar-refractivity contribution in [3.63, 3.8) is 0 Å². The van der Waals surface area contributed by atoms with Gasteiger partial charge in [-0.15, -0.1) is 0 Å². The third kappa shape index (κ3) is 4.97. The van der Waals surface area contributed by atoms with Gasteiger partial charge < -0.3 is 15.2 Å². The Labute approximate surface area is 209 Å². The zero-order valence-electron chi connectivity index (χ0n) is 20.1. The molecule has 1 heterocycles. The minimum atomic E-state index is -1.57. The monoisotopic (exact) mass is 488 g/mol. The molecule has 0 radical (unpaired) electrons. The predicted molar refractivity (Wildman–Crippen MR) is 135 cm³/mol. The number of rotatable bonds is 8. The number of hydrogen-bond acceptors (Lipinski definition) is 5. The number of carbonyl (C=O) groups excluding carboxylic acids is 3. The standard InChI is InChI=1S/C29H29FN2O4/c1-20-26(8-5-13-31-20)32-27(35)22-9-10-25(23(14-22)17-33)29(15-21-6-3-2-4-7-21)12-11-28(36,19-30)16-24(29)18-34/h2-10,13-14,17-18,24,36H,11-12,15-16,19H2,1H3,(H,32,35)/t24-,28+,29-/m0/s1. The maximum Gasteiger partial charge on any atom is 0.255 e. The molecule has 1 saturated carbocycles. The van der Waals surface area contributed by atoms with Crippen LogP contribution in [0.1, 0.15) is 56.8 Å². The molecular formula is C29H29FN2O4. The molecule has 36 heavy (non-hydrogen) atoms. The number of benzene rings is 2. The summed E-state index contributed by atoms with van der Waals surface area (Å²) in [5.74, 6) is -1.11. The number of amides is 1. The highest BCUT2D eigenvalue weighted by Gasteiger charge is 2.50. The Kier molecular flexibility index (Phi) is 7.40. The van der Waals surface area contributed by atoms with Gasteiger partial charge >= 0.3 is 0 Å². The Morgan fingerprint density at radius 2 is 1.92 bits per heavy atom. The normalized spacial score (nSPS) is 23.6. The van der Waals surface area contributed by atoms with Crippen LogP contribution >= 0.6 is 0 Å². The SMILES string of the molecule is Cc1ncccc1NC(=O)c1ccc([C@]2(Cc3ccccc3)CC[C@](O)(CF)C[C@H]2C=O)c(C=O)c1. The molecule has 3 atom stereocenters. The van der Waals surface area contributed by atoms with E-state index in [0.29, 0.717) is 41.6 Å². The summed E-state index contributed by atoms with van der Waals surface area (Å²) in [5, 5.41) is 13.5. The summed E-state index contributed by atoms with van der Waals surface area (Å²) in [5.41, 5.74) is 0.977. The van der Waals surface area contributed by atoms with E-state index in [-0.39, 0.29) is 24.3 Å². The second-order valence-electron chi connectivity index (χ2n) is 9.63. The molecule has 2 N–H and O–H groups in total. The van der Waals surface area contributed by atoms with Crippen LogP contribution < -0.4 is 5.32 Å². The third-order valence-electron chi connectivity index (χ3n) is 7.35. The van der Waals surface area contributed by atoms with Crippen molar-refractivity contribution in [1.82, 2.24) is 4.98 Å². The molecule has 0 spiro atoms. The van der Waals surface area contributed by atoms with Crippen LogP contribution in [-0.4, -0.2) is 40.8 Å². The highest BCUT2D eigenvalue weighted by molar-refractivity contribution is 6.05.